The fraction of sp³-hybridized carbons (Fsp3) is 0.429. The van der Waals surface area contributed by atoms with E-state index in [4.69, 9.17) is 0 Å². The summed E-state index contributed by atoms with van der Waals surface area (Å²) in [4.78, 5) is 16.2. The number of rotatable bonds is 7. The van der Waals surface area contributed by atoms with Crippen molar-refractivity contribution in [3.8, 4) is 0 Å². The van der Waals surface area contributed by atoms with Crippen molar-refractivity contribution in [2.45, 2.75) is 57.5 Å². The van der Waals surface area contributed by atoms with E-state index in [1.165, 1.54) is 0 Å². The van der Waals surface area contributed by atoms with E-state index >= 15 is 0 Å². The van der Waals surface area contributed by atoms with Crippen molar-refractivity contribution < 1.29 is 31.1 Å². The Labute approximate surface area is 176 Å². The first-order chi connectivity index (χ1) is 14.4. The van der Waals surface area contributed by atoms with Crippen LogP contribution in [0, 0.1) is 0 Å². The second-order valence-corrected chi connectivity index (χ2v) is 7.15. The molecule has 4 nitrogen and oxygen atoms in total. The van der Waals surface area contributed by atoms with Crippen LogP contribution in [0.1, 0.15) is 61.5 Å². The van der Waals surface area contributed by atoms with E-state index in [0.717, 1.165) is 55.4 Å². The van der Waals surface area contributed by atoms with Gasteiger partial charge in [-0.15, -0.1) is 0 Å². The summed E-state index contributed by atoms with van der Waals surface area (Å²) in [5, 5.41) is 5.07. The maximum absolute atomic E-state index is 13.5. The van der Waals surface area contributed by atoms with E-state index in [9.17, 15) is 31.1 Å². The molecule has 31 heavy (non-hydrogen) atoms. The van der Waals surface area contributed by atoms with Gasteiger partial charge in [0.1, 0.15) is 0 Å². The van der Waals surface area contributed by atoms with Crippen molar-refractivity contribution >= 4 is 6.03 Å². The highest BCUT2D eigenvalue weighted by molar-refractivity contribution is 5.75. The van der Waals surface area contributed by atoms with Crippen LogP contribution in [-0.2, 0) is 12.4 Å². The van der Waals surface area contributed by atoms with Gasteiger partial charge in [0.25, 0.3) is 0 Å². The Morgan fingerprint density at radius 1 is 1.00 bits per heavy atom. The lowest BCUT2D eigenvalue weighted by molar-refractivity contribution is -0.139. The number of unbranched alkanes of at least 4 members (excludes halogenated alkanes) is 1. The van der Waals surface area contributed by atoms with Crippen LogP contribution in [0.5, 0.6) is 0 Å². The maximum Gasteiger partial charge on any atom is 0.418 e. The van der Waals surface area contributed by atoms with Crippen molar-refractivity contribution in [2.75, 3.05) is 0 Å². The summed E-state index contributed by atoms with van der Waals surface area (Å²) in [6, 6.07) is 3.09. The number of carbonyl (C=O) groups excluding carboxylic acids is 1. The van der Waals surface area contributed by atoms with E-state index < -0.39 is 41.2 Å². The number of carbonyl (C=O) groups is 1. The summed E-state index contributed by atoms with van der Waals surface area (Å²) >= 11 is 0. The molecule has 0 radical (unpaired) electrons. The zero-order valence-corrected chi connectivity index (χ0v) is 16.9. The molecule has 2 rings (SSSR count). The fourth-order valence-corrected chi connectivity index (χ4v) is 3.04. The zero-order chi connectivity index (χ0) is 23.2. The molecule has 0 bridgehead atoms. The molecule has 0 spiro atoms. The molecular weight excluding hydrogens is 424 g/mol. The normalized spacial score (nSPS) is 14.1. The average molecular weight is 447 g/mol. The van der Waals surface area contributed by atoms with Gasteiger partial charge >= 0.3 is 18.4 Å². The molecule has 170 valence electrons. The zero-order valence-electron chi connectivity index (χ0n) is 16.9. The second kappa shape index (κ2) is 10.0. The van der Waals surface area contributed by atoms with Gasteiger partial charge in [-0.1, -0.05) is 31.9 Å². The largest absolute Gasteiger partial charge is 0.418 e. The maximum atomic E-state index is 13.5. The Morgan fingerprint density at radius 2 is 1.65 bits per heavy atom. The number of alkyl halides is 6. The Kier molecular flexibility index (Phi) is 7.91. The number of nitrogens with zero attached hydrogens (tertiary/aromatic N) is 1. The first-order valence-electron chi connectivity index (χ1n) is 9.69. The van der Waals surface area contributed by atoms with E-state index in [1.807, 2.05) is 6.92 Å². The van der Waals surface area contributed by atoms with E-state index in [0.29, 0.717) is 6.42 Å². The van der Waals surface area contributed by atoms with Crippen molar-refractivity contribution in [1.82, 2.24) is 15.6 Å². The topological polar surface area (TPSA) is 54.0 Å². The summed E-state index contributed by atoms with van der Waals surface area (Å²) in [5.74, 6) is 0. The van der Waals surface area contributed by atoms with E-state index in [1.54, 1.807) is 6.92 Å². The SMILES string of the molecule is CCCCC(C)NC(=O)NC(c1ccc(C(F)(F)F)cc1)c1ncccc1C(F)(F)F. The fourth-order valence-electron chi connectivity index (χ4n) is 3.04. The molecule has 0 aliphatic heterocycles. The monoisotopic (exact) mass is 447 g/mol. The molecule has 10 heteroatoms. The van der Waals surface area contributed by atoms with Crippen LogP contribution in [0.15, 0.2) is 42.6 Å². The van der Waals surface area contributed by atoms with Crippen molar-refractivity contribution in [3.05, 3.63) is 65.0 Å². The van der Waals surface area contributed by atoms with Crippen molar-refractivity contribution in [2.24, 2.45) is 0 Å². The van der Waals surface area contributed by atoms with Crippen LogP contribution < -0.4 is 10.6 Å². The first kappa shape index (κ1) is 24.5. The Bertz CT molecular complexity index is 865. The van der Waals surface area contributed by atoms with Crippen molar-refractivity contribution in [3.63, 3.8) is 0 Å². The van der Waals surface area contributed by atoms with Gasteiger partial charge in [0, 0.05) is 12.2 Å². The standard InChI is InChI=1S/C21H23F6N3O/c1-3-4-6-13(2)29-19(31)30-17(14-8-10-15(11-9-14)20(22,23)24)18-16(21(25,26)27)7-5-12-28-18/h5,7-13,17H,3-4,6H2,1-2H3,(H2,29,30,31). The van der Waals surface area contributed by atoms with E-state index in [-0.39, 0.29) is 11.6 Å². The summed E-state index contributed by atoms with van der Waals surface area (Å²) in [6.07, 6.45) is -5.81. The molecule has 2 atom stereocenters. The first-order valence-corrected chi connectivity index (χ1v) is 9.69. The number of amides is 2. The minimum absolute atomic E-state index is 0.0357. The van der Waals surface area contributed by atoms with Gasteiger partial charge in [-0.3, -0.25) is 4.98 Å². The van der Waals surface area contributed by atoms with Crippen LogP contribution in [0.3, 0.4) is 0 Å². The van der Waals surface area contributed by atoms with Gasteiger partial charge in [-0.25, -0.2) is 4.79 Å². The molecule has 0 saturated carbocycles. The van der Waals surface area contributed by atoms with Crippen LogP contribution in [0.4, 0.5) is 31.1 Å². The van der Waals surface area contributed by atoms with Gasteiger partial charge in [0.2, 0.25) is 0 Å². The Balaban J connectivity index is 2.41. The van der Waals surface area contributed by atoms with Gasteiger partial charge in [0.05, 0.1) is 22.9 Å². The predicted molar refractivity (Wildman–Crippen MR) is 103 cm³/mol. The molecule has 2 unspecified atom stereocenters. The van der Waals surface area contributed by atoms with Crippen LogP contribution >= 0.6 is 0 Å². The quantitative estimate of drug-likeness (QED) is 0.505. The summed E-state index contributed by atoms with van der Waals surface area (Å²) < 4.78 is 79.2. The second-order valence-electron chi connectivity index (χ2n) is 7.15. The average Bonchev–Trinajstić information content (AvgIpc) is 2.69. The molecule has 0 fully saturated rings. The van der Waals surface area contributed by atoms with Gasteiger partial charge in [-0.2, -0.15) is 26.3 Å². The lowest BCUT2D eigenvalue weighted by Crippen LogP contribution is -2.43. The van der Waals surface area contributed by atoms with Crippen molar-refractivity contribution in [1.29, 1.82) is 0 Å². The van der Waals surface area contributed by atoms with Gasteiger partial charge in [0.15, 0.2) is 0 Å². The third-order valence-electron chi connectivity index (χ3n) is 4.63. The highest BCUT2D eigenvalue weighted by atomic mass is 19.4. The molecule has 0 aliphatic rings. The summed E-state index contributed by atoms with van der Waals surface area (Å²) in [5.41, 5.74) is -2.51. The molecule has 0 aliphatic carbocycles. The molecule has 1 aromatic carbocycles. The van der Waals surface area contributed by atoms with Crippen LogP contribution in [0.25, 0.3) is 0 Å². The summed E-state index contributed by atoms with van der Waals surface area (Å²) in [7, 11) is 0. The third kappa shape index (κ3) is 6.86. The lowest BCUT2D eigenvalue weighted by Gasteiger charge is -2.24. The number of pyridine rings is 1. The molecule has 2 amide bonds. The Hall–Kier alpha value is -2.78. The molecule has 2 aromatic rings. The van der Waals surface area contributed by atoms with Crippen LogP contribution in [0.2, 0.25) is 0 Å². The molecule has 1 aromatic heterocycles. The number of hydrogen-bond donors (Lipinski definition) is 2. The third-order valence-corrected chi connectivity index (χ3v) is 4.63. The number of nitrogens with one attached hydrogen (secondary N) is 2. The minimum atomic E-state index is -4.76. The predicted octanol–water partition coefficient (Wildman–Crippen LogP) is 6.09. The smallest absolute Gasteiger partial charge is 0.336 e. The molecule has 1 heterocycles. The highest BCUT2D eigenvalue weighted by Gasteiger charge is 2.37. The number of halogens is 6. The molecule has 0 saturated heterocycles. The molecule has 2 N–H and O–H groups in total. The number of hydrogen-bond acceptors (Lipinski definition) is 2. The van der Waals surface area contributed by atoms with E-state index in [2.05, 4.69) is 15.6 Å². The number of aromatic nitrogens is 1. The Morgan fingerprint density at radius 3 is 2.19 bits per heavy atom. The number of urea groups is 1. The highest BCUT2D eigenvalue weighted by Crippen LogP contribution is 2.36. The minimum Gasteiger partial charge on any atom is -0.336 e. The summed E-state index contributed by atoms with van der Waals surface area (Å²) in [6.45, 7) is 3.73. The van der Waals surface area contributed by atoms with Gasteiger partial charge < -0.3 is 10.6 Å². The number of benzene rings is 1. The lowest BCUT2D eigenvalue weighted by atomic mass is 9.98. The molecular formula is C21H23F6N3O. The van der Waals surface area contributed by atoms with Gasteiger partial charge in [-0.05, 0) is 43.2 Å². The van der Waals surface area contributed by atoms with Crippen LogP contribution in [-0.4, -0.2) is 17.1 Å².